The van der Waals surface area contributed by atoms with Crippen molar-refractivity contribution in [3.05, 3.63) is 29.8 Å². The van der Waals surface area contributed by atoms with E-state index in [-0.39, 0.29) is 11.9 Å². The lowest BCUT2D eigenvalue weighted by molar-refractivity contribution is -0.128. The fourth-order valence-corrected chi connectivity index (χ4v) is 1.80. The van der Waals surface area contributed by atoms with Gasteiger partial charge in [0.2, 0.25) is 5.91 Å². The molecule has 4 nitrogen and oxygen atoms in total. The maximum atomic E-state index is 11.4. The molecule has 0 bridgehead atoms. The number of para-hydroxylation sites is 1. The van der Waals surface area contributed by atoms with Crippen LogP contribution in [0.2, 0.25) is 0 Å². The minimum Gasteiger partial charge on any atom is -0.496 e. The third-order valence-electron chi connectivity index (χ3n) is 2.62. The van der Waals surface area contributed by atoms with Gasteiger partial charge in [0, 0.05) is 19.0 Å². The standard InChI is InChI=1S/C11H14N2O2/c1-13-11(14)7-9(12-13)8-5-3-4-6-10(8)15-2/h3-6,9,12H,7H2,1-2H3. The number of methoxy groups -OCH3 is 1. The molecule has 1 atom stereocenters. The first-order valence-electron chi connectivity index (χ1n) is 4.88. The number of benzene rings is 1. The zero-order chi connectivity index (χ0) is 10.8. The molecule has 0 aromatic heterocycles. The SMILES string of the molecule is COc1ccccc1C1CC(=O)N(C)N1. The molecule has 15 heavy (non-hydrogen) atoms. The minimum atomic E-state index is 0.0265. The van der Waals surface area contributed by atoms with Crippen molar-refractivity contribution in [2.24, 2.45) is 0 Å². The molecule has 0 spiro atoms. The molecule has 1 aliphatic rings. The van der Waals surface area contributed by atoms with Crippen LogP contribution in [0.1, 0.15) is 18.0 Å². The van der Waals surface area contributed by atoms with Crippen molar-refractivity contribution in [1.29, 1.82) is 0 Å². The van der Waals surface area contributed by atoms with Crippen LogP contribution in [0.4, 0.5) is 0 Å². The second-order valence-electron chi connectivity index (χ2n) is 3.58. The zero-order valence-corrected chi connectivity index (χ0v) is 8.86. The summed E-state index contributed by atoms with van der Waals surface area (Å²) in [5.74, 6) is 0.920. The Labute approximate surface area is 88.8 Å². The first-order valence-corrected chi connectivity index (χ1v) is 4.88. The zero-order valence-electron chi connectivity index (χ0n) is 8.86. The van der Waals surface area contributed by atoms with Crippen molar-refractivity contribution in [1.82, 2.24) is 10.4 Å². The van der Waals surface area contributed by atoms with E-state index < -0.39 is 0 Å². The summed E-state index contributed by atoms with van der Waals surface area (Å²) in [4.78, 5) is 11.4. The van der Waals surface area contributed by atoms with Crippen molar-refractivity contribution >= 4 is 5.91 Å². The molecule has 1 heterocycles. The maximum absolute atomic E-state index is 11.4. The molecule has 2 rings (SSSR count). The molecular weight excluding hydrogens is 192 g/mol. The number of hydrogen-bond acceptors (Lipinski definition) is 3. The molecule has 0 radical (unpaired) electrons. The highest BCUT2D eigenvalue weighted by molar-refractivity contribution is 5.78. The summed E-state index contributed by atoms with van der Waals surface area (Å²) >= 11 is 0. The number of hydrazine groups is 1. The number of ether oxygens (including phenoxy) is 1. The normalized spacial score (nSPS) is 20.8. The summed E-state index contributed by atoms with van der Waals surface area (Å²) in [5.41, 5.74) is 4.12. The van der Waals surface area contributed by atoms with Crippen molar-refractivity contribution in [3.8, 4) is 5.75 Å². The summed E-state index contributed by atoms with van der Waals surface area (Å²) in [5, 5.41) is 1.52. The number of carbonyl (C=O) groups excluding carboxylic acids is 1. The smallest absolute Gasteiger partial charge is 0.238 e. The van der Waals surface area contributed by atoms with Gasteiger partial charge in [0.05, 0.1) is 13.2 Å². The molecule has 1 aromatic carbocycles. The first kappa shape index (κ1) is 9.98. The van der Waals surface area contributed by atoms with Gasteiger partial charge in [-0.3, -0.25) is 9.80 Å². The summed E-state index contributed by atoms with van der Waals surface area (Å²) < 4.78 is 5.26. The Morgan fingerprint density at radius 3 is 2.80 bits per heavy atom. The lowest BCUT2D eigenvalue weighted by atomic mass is 10.0. The number of amides is 1. The van der Waals surface area contributed by atoms with Gasteiger partial charge in [-0.15, -0.1) is 0 Å². The molecule has 1 aromatic rings. The number of carbonyl (C=O) groups is 1. The van der Waals surface area contributed by atoms with Crippen LogP contribution >= 0.6 is 0 Å². The molecule has 0 saturated carbocycles. The van der Waals surface area contributed by atoms with E-state index in [1.165, 1.54) is 5.01 Å². The predicted molar refractivity (Wildman–Crippen MR) is 56.3 cm³/mol. The molecule has 0 aliphatic carbocycles. The Morgan fingerprint density at radius 1 is 1.47 bits per heavy atom. The van der Waals surface area contributed by atoms with Gasteiger partial charge in [-0.2, -0.15) is 0 Å². The van der Waals surface area contributed by atoms with Gasteiger partial charge in [-0.1, -0.05) is 18.2 Å². The van der Waals surface area contributed by atoms with E-state index in [0.717, 1.165) is 11.3 Å². The van der Waals surface area contributed by atoms with Crippen LogP contribution in [-0.4, -0.2) is 25.1 Å². The number of hydrogen-bond donors (Lipinski definition) is 1. The molecular formula is C11H14N2O2. The second kappa shape index (κ2) is 3.90. The lowest BCUT2D eigenvalue weighted by Crippen LogP contribution is -2.30. The molecule has 80 valence electrons. The van der Waals surface area contributed by atoms with E-state index in [9.17, 15) is 4.79 Å². The quantitative estimate of drug-likeness (QED) is 0.788. The predicted octanol–water partition coefficient (Wildman–Crippen LogP) is 1.10. The Kier molecular flexibility index (Phi) is 2.60. The summed E-state index contributed by atoms with van der Waals surface area (Å²) in [7, 11) is 3.37. The van der Waals surface area contributed by atoms with E-state index in [4.69, 9.17) is 4.74 Å². The molecule has 1 unspecified atom stereocenters. The largest absolute Gasteiger partial charge is 0.496 e. The summed E-state index contributed by atoms with van der Waals surface area (Å²) in [6.45, 7) is 0. The average molecular weight is 206 g/mol. The van der Waals surface area contributed by atoms with Crippen molar-refractivity contribution in [2.75, 3.05) is 14.2 Å². The van der Waals surface area contributed by atoms with Gasteiger partial charge in [0.25, 0.3) is 0 Å². The first-order chi connectivity index (χ1) is 7.22. The third-order valence-corrected chi connectivity index (χ3v) is 2.62. The third kappa shape index (κ3) is 1.80. The number of nitrogens with zero attached hydrogens (tertiary/aromatic N) is 1. The Morgan fingerprint density at radius 2 is 2.20 bits per heavy atom. The van der Waals surface area contributed by atoms with E-state index in [0.29, 0.717) is 6.42 Å². The topological polar surface area (TPSA) is 41.6 Å². The Hall–Kier alpha value is -1.55. The van der Waals surface area contributed by atoms with E-state index >= 15 is 0 Å². The van der Waals surface area contributed by atoms with E-state index in [1.54, 1.807) is 14.2 Å². The number of rotatable bonds is 2. The summed E-state index contributed by atoms with van der Waals surface area (Å²) in [6.07, 6.45) is 0.483. The fraction of sp³-hybridized carbons (Fsp3) is 0.364. The fourth-order valence-electron chi connectivity index (χ4n) is 1.80. The van der Waals surface area contributed by atoms with E-state index in [2.05, 4.69) is 5.43 Å². The second-order valence-corrected chi connectivity index (χ2v) is 3.58. The van der Waals surface area contributed by atoms with Gasteiger partial charge >= 0.3 is 0 Å². The van der Waals surface area contributed by atoms with Gasteiger partial charge < -0.3 is 4.74 Å². The highest BCUT2D eigenvalue weighted by Crippen LogP contribution is 2.30. The molecule has 1 aliphatic heterocycles. The lowest BCUT2D eigenvalue weighted by Gasteiger charge is -2.15. The van der Waals surface area contributed by atoms with Gasteiger partial charge in [0.15, 0.2) is 0 Å². The average Bonchev–Trinajstić information content (AvgIpc) is 2.59. The highest BCUT2D eigenvalue weighted by Gasteiger charge is 2.29. The van der Waals surface area contributed by atoms with Crippen LogP contribution in [0.15, 0.2) is 24.3 Å². The van der Waals surface area contributed by atoms with Crippen LogP contribution in [0.25, 0.3) is 0 Å². The highest BCUT2D eigenvalue weighted by atomic mass is 16.5. The molecule has 1 fully saturated rings. The molecule has 1 N–H and O–H groups in total. The van der Waals surface area contributed by atoms with Crippen LogP contribution in [0.5, 0.6) is 5.75 Å². The molecule has 4 heteroatoms. The van der Waals surface area contributed by atoms with Crippen molar-refractivity contribution < 1.29 is 9.53 Å². The minimum absolute atomic E-state index is 0.0265. The van der Waals surface area contributed by atoms with Crippen LogP contribution in [0, 0.1) is 0 Å². The summed E-state index contributed by atoms with van der Waals surface area (Å²) in [6, 6.07) is 7.77. The van der Waals surface area contributed by atoms with Gasteiger partial charge in [-0.25, -0.2) is 5.43 Å². The van der Waals surface area contributed by atoms with Crippen LogP contribution in [0.3, 0.4) is 0 Å². The maximum Gasteiger partial charge on any atom is 0.238 e. The van der Waals surface area contributed by atoms with Gasteiger partial charge in [-0.05, 0) is 6.07 Å². The number of nitrogens with one attached hydrogen (secondary N) is 1. The van der Waals surface area contributed by atoms with Crippen molar-refractivity contribution in [3.63, 3.8) is 0 Å². The monoisotopic (exact) mass is 206 g/mol. The van der Waals surface area contributed by atoms with Crippen LogP contribution < -0.4 is 10.2 Å². The van der Waals surface area contributed by atoms with E-state index in [1.807, 2.05) is 24.3 Å². The van der Waals surface area contributed by atoms with Crippen molar-refractivity contribution in [2.45, 2.75) is 12.5 Å². The Balaban J connectivity index is 2.27. The van der Waals surface area contributed by atoms with Crippen LogP contribution in [-0.2, 0) is 4.79 Å². The molecule has 1 amide bonds. The molecule has 1 saturated heterocycles. The Bertz CT molecular complexity index is 379. The van der Waals surface area contributed by atoms with Gasteiger partial charge in [0.1, 0.15) is 5.75 Å².